The van der Waals surface area contributed by atoms with Crippen LogP contribution in [-0.2, 0) is 22.7 Å². The maximum Gasteiger partial charge on any atom is 0.329 e. The Morgan fingerprint density at radius 1 is 1.17 bits per heavy atom. The van der Waals surface area contributed by atoms with Crippen LogP contribution < -0.4 is 11.0 Å². The smallest absolute Gasteiger partial charge is 0.329 e. The van der Waals surface area contributed by atoms with E-state index < -0.39 is 17.4 Å². The third kappa shape index (κ3) is 2.60. The first-order valence-electron chi connectivity index (χ1n) is 8.21. The van der Waals surface area contributed by atoms with Gasteiger partial charge in [0.05, 0.1) is 11.0 Å². The molecule has 1 amide bonds. The van der Waals surface area contributed by atoms with Gasteiger partial charge in [-0.2, -0.15) is 0 Å². The zero-order chi connectivity index (χ0) is 17.3. The number of aromatic nitrogens is 2. The molecule has 2 aromatic rings. The van der Waals surface area contributed by atoms with Crippen LogP contribution in [0.5, 0.6) is 0 Å². The zero-order valence-electron chi connectivity index (χ0n) is 13.6. The van der Waals surface area contributed by atoms with Gasteiger partial charge < -0.3 is 10.4 Å². The van der Waals surface area contributed by atoms with Crippen molar-refractivity contribution in [1.29, 1.82) is 0 Å². The SMILES string of the molecule is CCn1c(=O)n(CC(=O)NC2(C(=O)O)CCCC2)c2ccccc21. The molecule has 0 unspecified atom stereocenters. The van der Waals surface area contributed by atoms with Crippen LogP contribution in [0.25, 0.3) is 11.0 Å². The second-order valence-corrected chi connectivity index (χ2v) is 6.24. The molecular weight excluding hydrogens is 310 g/mol. The Balaban J connectivity index is 1.90. The summed E-state index contributed by atoms with van der Waals surface area (Å²) >= 11 is 0. The normalized spacial score (nSPS) is 16.4. The Hall–Kier alpha value is -2.57. The number of carbonyl (C=O) groups excluding carboxylic acids is 1. The highest BCUT2D eigenvalue weighted by atomic mass is 16.4. The van der Waals surface area contributed by atoms with Crippen LogP contribution >= 0.6 is 0 Å². The van der Waals surface area contributed by atoms with Crippen molar-refractivity contribution >= 4 is 22.9 Å². The third-order valence-corrected chi connectivity index (χ3v) is 4.79. The summed E-state index contributed by atoms with van der Waals surface area (Å²) in [6, 6.07) is 7.28. The second kappa shape index (κ2) is 6.14. The third-order valence-electron chi connectivity index (χ3n) is 4.79. The number of carboxylic acids is 1. The van der Waals surface area contributed by atoms with E-state index in [1.165, 1.54) is 4.57 Å². The van der Waals surface area contributed by atoms with Crippen molar-refractivity contribution in [3.05, 3.63) is 34.7 Å². The maximum atomic E-state index is 12.5. The van der Waals surface area contributed by atoms with E-state index in [2.05, 4.69) is 5.32 Å². The van der Waals surface area contributed by atoms with Gasteiger partial charge in [-0.05, 0) is 31.9 Å². The molecular formula is C17H21N3O4. The summed E-state index contributed by atoms with van der Waals surface area (Å²) in [6.07, 6.45) is 2.42. The fourth-order valence-electron chi connectivity index (χ4n) is 3.55. The largest absolute Gasteiger partial charge is 0.480 e. The molecule has 24 heavy (non-hydrogen) atoms. The Bertz CT molecular complexity index is 843. The van der Waals surface area contributed by atoms with Crippen molar-refractivity contribution in [3.63, 3.8) is 0 Å². The van der Waals surface area contributed by atoms with E-state index in [4.69, 9.17) is 0 Å². The monoisotopic (exact) mass is 331 g/mol. The van der Waals surface area contributed by atoms with Crippen molar-refractivity contribution in [2.45, 2.75) is 51.2 Å². The number of benzene rings is 1. The van der Waals surface area contributed by atoms with Gasteiger partial charge in [-0.1, -0.05) is 25.0 Å². The van der Waals surface area contributed by atoms with Crippen LogP contribution in [-0.4, -0.2) is 31.7 Å². The predicted octanol–water partition coefficient (Wildman–Crippen LogP) is 1.34. The van der Waals surface area contributed by atoms with Crippen LogP contribution in [0.3, 0.4) is 0 Å². The summed E-state index contributed by atoms with van der Waals surface area (Å²) in [5, 5.41) is 12.1. The molecule has 0 radical (unpaired) electrons. The molecule has 0 atom stereocenters. The van der Waals surface area contributed by atoms with Gasteiger partial charge in [0.1, 0.15) is 12.1 Å². The molecule has 1 aromatic carbocycles. The lowest BCUT2D eigenvalue weighted by Crippen LogP contribution is -2.53. The van der Waals surface area contributed by atoms with Crippen molar-refractivity contribution in [3.8, 4) is 0 Å². The summed E-state index contributed by atoms with van der Waals surface area (Å²) in [5.41, 5.74) is -0.00403. The number of imidazole rings is 1. The van der Waals surface area contributed by atoms with Crippen LogP contribution in [0, 0.1) is 0 Å². The summed E-state index contributed by atoms with van der Waals surface area (Å²) in [6.45, 7) is 2.20. The molecule has 7 nitrogen and oxygen atoms in total. The first-order chi connectivity index (χ1) is 11.5. The highest BCUT2D eigenvalue weighted by Gasteiger charge is 2.42. The molecule has 1 saturated carbocycles. The number of fused-ring (bicyclic) bond motifs is 1. The van der Waals surface area contributed by atoms with Gasteiger partial charge in [-0.3, -0.25) is 13.9 Å². The van der Waals surface area contributed by atoms with Gasteiger partial charge in [0, 0.05) is 6.54 Å². The number of aryl methyl sites for hydroxylation is 1. The lowest BCUT2D eigenvalue weighted by molar-refractivity contribution is -0.147. The molecule has 0 aliphatic heterocycles. The van der Waals surface area contributed by atoms with E-state index in [1.807, 2.05) is 25.1 Å². The number of aliphatic carboxylic acids is 1. The maximum absolute atomic E-state index is 12.5. The quantitative estimate of drug-likeness (QED) is 0.864. The van der Waals surface area contributed by atoms with E-state index in [9.17, 15) is 19.5 Å². The fraction of sp³-hybridized carbons (Fsp3) is 0.471. The molecule has 7 heteroatoms. The lowest BCUT2D eigenvalue weighted by atomic mass is 9.98. The van der Waals surface area contributed by atoms with Crippen molar-refractivity contribution in [2.24, 2.45) is 0 Å². The van der Waals surface area contributed by atoms with Crippen LogP contribution in [0.15, 0.2) is 29.1 Å². The summed E-state index contributed by atoms with van der Waals surface area (Å²) < 4.78 is 3.00. The number of hydrogen-bond acceptors (Lipinski definition) is 3. The summed E-state index contributed by atoms with van der Waals surface area (Å²) in [4.78, 5) is 36.5. The average Bonchev–Trinajstić information content (AvgIpc) is 3.12. The Morgan fingerprint density at radius 3 is 2.29 bits per heavy atom. The van der Waals surface area contributed by atoms with Gasteiger partial charge in [-0.25, -0.2) is 9.59 Å². The minimum atomic E-state index is -1.19. The average molecular weight is 331 g/mol. The number of nitrogens with one attached hydrogen (secondary N) is 1. The van der Waals surface area contributed by atoms with Gasteiger partial charge in [-0.15, -0.1) is 0 Å². The Kier molecular flexibility index (Phi) is 4.17. The van der Waals surface area contributed by atoms with E-state index >= 15 is 0 Å². The van der Waals surface area contributed by atoms with E-state index in [-0.39, 0.29) is 12.2 Å². The summed E-state index contributed by atoms with van der Waals surface area (Å²) in [5.74, 6) is -1.45. The van der Waals surface area contributed by atoms with E-state index in [0.717, 1.165) is 18.4 Å². The standard InChI is InChI=1S/C17H21N3O4/c1-2-19-12-7-3-4-8-13(12)20(16(19)24)11-14(21)18-17(15(22)23)9-5-6-10-17/h3-4,7-8H,2,5-6,9-11H2,1H3,(H,18,21)(H,22,23). The first kappa shape index (κ1) is 16.3. The molecule has 2 N–H and O–H groups in total. The molecule has 128 valence electrons. The van der Waals surface area contributed by atoms with Gasteiger partial charge in [0.25, 0.3) is 0 Å². The number of carboxylic acid groups (broad SMARTS) is 1. The van der Waals surface area contributed by atoms with Gasteiger partial charge in [0.15, 0.2) is 0 Å². The molecule has 1 aliphatic carbocycles. The molecule has 1 heterocycles. The van der Waals surface area contributed by atoms with Gasteiger partial charge >= 0.3 is 11.7 Å². The number of para-hydroxylation sites is 2. The van der Waals surface area contributed by atoms with E-state index in [0.29, 0.717) is 24.9 Å². The number of hydrogen-bond donors (Lipinski definition) is 2. The molecule has 1 fully saturated rings. The van der Waals surface area contributed by atoms with Crippen molar-refractivity contribution in [2.75, 3.05) is 0 Å². The topological polar surface area (TPSA) is 93.3 Å². The predicted molar refractivity (Wildman–Crippen MR) is 88.8 cm³/mol. The van der Waals surface area contributed by atoms with Crippen molar-refractivity contribution < 1.29 is 14.7 Å². The second-order valence-electron chi connectivity index (χ2n) is 6.24. The molecule has 1 aromatic heterocycles. The first-order valence-corrected chi connectivity index (χ1v) is 8.21. The number of rotatable bonds is 5. The highest BCUT2D eigenvalue weighted by Crippen LogP contribution is 2.29. The van der Waals surface area contributed by atoms with Gasteiger partial charge in [0.2, 0.25) is 5.91 Å². The minimum Gasteiger partial charge on any atom is -0.480 e. The van der Waals surface area contributed by atoms with Crippen LogP contribution in [0.2, 0.25) is 0 Å². The molecule has 3 rings (SSSR count). The molecule has 0 spiro atoms. The molecule has 1 aliphatic rings. The lowest BCUT2D eigenvalue weighted by Gasteiger charge is -2.25. The van der Waals surface area contributed by atoms with Crippen LogP contribution in [0.1, 0.15) is 32.6 Å². The summed E-state index contributed by atoms with van der Waals surface area (Å²) in [7, 11) is 0. The van der Waals surface area contributed by atoms with Crippen LogP contribution in [0.4, 0.5) is 0 Å². The Labute approximate surface area is 138 Å². The minimum absolute atomic E-state index is 0.179. The number of carbonyl (C=O) groups is 2. The van der Waals surface area contributed by atoms with Crippen molar-refractivity contribution in [1.82, 2.24) is 14.5 Å². The zero-order valence-corrected chi connectivity index (χ0v) is 13.6. The fourth-order valence-corrected chi connectivity index (χ4v) is 3.55. The Morgan fingerprint density at radius 2 is 1.75 bits per heavy atom. The molecule has 0 bridgehead atoms. The highest BCUT2D eigenvalue weighted by molar-refractivity contribution is 5.88. The van der Waals surface area contributed by atoms with E-state index in [1.54, 1.807) is 10.6 Å². The number of nitrogens with zero attached hydrogens (tertiary/aromatic N) is 2. The molecule has 0 saturated heterocycles. The number of amides is 1.